The number of carbonyl (C=O) groups is 2. The number of anilines is 1. The van der Waals surface area contributed by atoms with Crippen LogP contribution in [-0.4, -0.2) is 23.9 Å². The van der Waals surface area contributed by atoms with Gasteiger partial charge in [-0.2, -0.15) is 0 Å². The van der Waals surface area contributed by atoms with Gasteiger partial charge in [0.25, 0.3) is 0 Å². The number of alkyl halides is 1. The maximum atomic E-state index is 12.2. The molecule has 1 aromatic rings. The van der Waals surface area contributed by atoms with E-state index in [0.29, 0.717) is 10.6 Å². The van der Waals surface area contributed by atoms with Crippen molar-refractivity contribution >= 4 is 39.8 Å². The van der Waals surface area contributed by atoms with E-state index < -0.39 is 0 Å². The molecule has 104 valence electrons. The minimum Gasteiger partial charge on any atom is -0.459 e. The molecule has 0 atom stereocenters. The molecule has 2 rings (SSSR count). The number of ether oxygens (including phenoxy) is 1. The molecular weight excluding hydrogens is 286 g/mol. The molecule has 1 heterocycles. The van der Waals surface area contributed by atoms with Crippen molar-refractivity contribution in [2.45, 2.75) is 39.2 Å². The number of aryl methyl sites for hydroxylation is 1. The standard InChI is InChI=1S/C13H16ClNO3S/c1-7(2)18-13(17)11-8-4-3-5-9(8)19-12(11)15-10(16)6-14/h7H,3-6H2,1-2H3,(H,15,16). The Morgan fingerprint density at radius 1 is 1.42 bits per heavy atom. The minimum absolute atomic E-state index is 0.124. The zero-order valence-electron chi connectivity index (χ0n) is 10.9. The molecule has 0 saturated heterocycles. The van der Waals surface area contributed by atoms with Crippen molar-refractivity contribution in [2.24, 2.45) is 0 Å². The summed E-state index contributed by atoms with van der Waals surface area (Å²) in [6, 6.07) is 0. The van der Waals surface area contributed by atoms with Gasteiger partial charge in [-0.15, -0.1) is 22.9 Å². The SMILES string of the molecule is CC(C)OC(=O)c1c(NC(=O)CCl)sc2c1CCC2. The Morgan fingerprint density at radius 2 is 2.16 bits per heavy atom. The van der Waals surface area contributed by atoms with Crippen LogP contribution in [0, 0.1) is 0 Å². The van der Waals surface area contributed by atoms with Gasteiger partial charge < -0.3 is 10.1 Å². The topological polar surface area (TPSA) is 55.4 Å². The molecule has 4 nitrogen and oxygen atoms in total. The molecule has 0 aliphatic heterocycles. The molecule has 0 radical (unpaired) electrons. The highest BCUT2D eigenvalue weighted by atomic mass is 35.5. The van der Waals surface area contributed by atoms with Gasteiger partial charge in [-0.1, -0.05) is 0 Å². The van der Waals surface area contributed by atoms with Gasteiger partial charge in [-0.05, 0) is 38.7 Å². The van der Waals surface area contributed by atoms with E-state index in [4.69, 9.17) is 16.3 Å². The molecule has 0 spiro atoms. The summed E-state index contributed by atoms with van der Waals surface area (Å²) < 4.78 is 5.26. The Bertz CT molecular complexity index is 510. The van der Waals surface area contributed by atoms with E-state index in [0.717, 1.165) is 24.8 Å². The van der Waals surface area contributed by atoms with E-state index in [-0.39, 0.29) is 23.9 Å². The summed E-state index contributed by atoms with van der Waals surface area (Å²) in [5.74, 6) is -0.791. The molecule has 0 bridgehead atoms. The lowest BCUT2D eigenvalue weighted by atomic mass is 10.1. The molecule has 1 N–H and O–H groups in total. The number of fused-ring (bicyclic) bond motifs is 1. The maximum Gasteiger partial charge on any atom is 0.341 e. The Hall–Kier alpha value is -1.07. The second-order valence-corrected chi connectivity index (χ2v) is 6.07. The van der Waals surface area contributed by atoms with E-state index in [1.807, 2.05) is 13.8 Å². The third-order valence-electron chi connectivity index (χ3n) is 2.84. The second kappa shape index (κ2) is 5.92. The molecule has 0 aromatic carbocycles. The molecule has 0 saturated carbocycles. The average molecular weight is 302 g/mol. The van der Waals surface area contributed by atoms with Crippen LogP contribution in [0.4, 0.5) is 5.00 Å². The van der Waals surface area contributed by atoms with Crippen LogP contribution >= 0.6 is 22.9 Å². The first kappa shape index (κ1) is 14.3. The molecule has 19 heavy (non-hydrogen) atoms. The van der Waals surface area contributed by atoms with Crippen molar-refractivity contribution in [3.8, 4) is 0 Å². The third kappa shape index (κ3) is 3.09. The summed E-state index contributed by atoms with van der Waals surface area (Å²) in [5, 5.41) is 3.26. The molecular formula is C13H16ClNO3S. The highest BCUT2D eigenvalue weighted by Gasteiger charge is 2.28. The largest absolute Gasteiger partial charge is 0.459 e. The summed E-state index contributed by atoms with van der Waals surface area (Å²) in [7, 11) is 0. The number of nitrogens with one attached hydrogen (secondary N) is 1. The Morgan fingerprint density at radius 3 is 2.79 bits per heavy atom. The average Bonchev–Trinajstić information content (AvgIpc) is 2.87. The molecule has 1 amide bonds. The molecule has 6 heteroatoms. The van der Waals surface area contributed by atoms with Gasteiger partial charge in [0.05, 0.1) is 11.7 Å². The lowest BCUT2D eigenvalue weighted by Crippen LogP contribution is -2.17. The van der Waals surface area contributed by atoms with Crippen molar-refractivity contribution in [3.05, 3.63) is 16.0 Å². The Labute approximate surface area is 121 Å². The van der Waals surface area contributed by atoms with Crippen LogP contribution < -0.4 is 5.32 Å². The van der Waals surface area contributed by atoms with Gasteiger partial charge in [-0.3, -0.25) is 4.79 Å². The number of esters is 1. The van der Waals surface area contributed by atoms with E-state index in [9.17, 15) is 9.59 Å². The summed E-state index contributed by atoms with van der Waals surface area (Å²) in [6.45, 7) is 3.61. The van der Waals surface area contributed by atoms with Gasteiger partial charge in [0.2, 0.25) is 5.91 Å². The third-order valence-corrected chi connectivity index (χ3v) is 4.29. The fourth-order valence-electron chi connectivity index (χ4n) is 2.14. The molecule has 0 unspecified atom stereocenters. The summed E-state index contributed by atoms with van der Waals surface area (Å²) in [5.41, 5.74) is 1.55. The van der Waals surface area contributed by atoms with Crippen molar-refractivity contribution in [3.63, 3.8) is 0 Å². The van der Waals surface area contributed by atoms with Gasteiger partial charge in [-0.25, -0.2) is 4.79 Å². The fourth-order valence-corrected chi connectivity index (χ4v) is 3.50. The van der Waals surface area contributed by atoms with Gasteiger partial charge in [0.1, 0.15) is 10.9 Å². The lowest BCUT2D eigenvalue weighted by Gasteiger charge is -2.10. The van der Waals surface area contributed by atoms with Crippen LogP contribution in [0.1, 0.15) is 41.1 Å². The number of amides is 1. The fraction of sp³-hybridized carbons (Fsp3) is 0.538. The lowest BCUT2D eigenvalue weighted by molar-refractivity contribution is -0.113. The molecule has 1 aromatic heterocycles. The first-order chi connectivity index (χ1) is 9.02. The van der Waals surface area contributed by atoms with Gasteiger partial charge >= 0.3 is 5.97 Å². The van der Waals surface area contributed by atoms with Crippen molar-refractivity contribution in [1.82, 2.24) is 0 Å². The Kier molecular flexibility index (Phi) is 4.47. The first-order valence-corrected chi connectivity index (χ1v) is 7.59. The van der Waals surface area contributed by atoms with Crippen LogP contribution in [0.15, 0.2) is 0 Å². The van der Waals surface area contributed by atoms with Crippen LogP contribution in [0.5, 0.6) is 0 Å². The van der Waals surface area contributed by atoms with Gasteiger partial charge in [0.15, 0.2) is 0 Å². The van der Waals surface area contributed by atoms with E-state index in [1.165, 1.54) is 16.2 Å². The summed E-state index contributed by atoms with van der Waals surface area (Å²) >= 11 is 6.95. The summed E-state index contributed by atoms with van der Waals surface area (Å²) in [6.07, 6.45) is 2.69. The predicted molar refractivity (Wildman–Crippen MR) is 76.2 cm³/mol. The van der Waals surface area contributed by atoms with E-state index in [1.54, 1.807) is 0 Å². The molecule has 1 aliphatic carbocycles. The highest BCUT2D eigenvalue weighted by molar-refractivity contribution is 7.17. The van der Waals surface area contributed by atoms with Crippen molar-refractivity contribution in [1.29, 1.82) is 0 Å². The van der Waals surface area contributed by atoms with Crippen LogP contribution in [0.25, 0.3) is 0 Å². The quantitative estimate of drug-likeness (QED) is 0.687. The zero-order valence-corrected chi connectivity index (χ0v) is 12.5. The summed E-state index contributed by atoms with van der Waals surface area (Å²) in [4.78, 5) is 24.8. The number of hydrogen-bond acceptors (Lipinski definition) is 4. The van der Waals surface area contributed by atoms with Crippen LogP contribution in [0.3, 0.4) is 0 Å². The Balaban J connectivity index is 2.33. The highest BCUT2D eigenvalue weighted by Crippen LogP contribution is 2.39. The van der Waals surface area contributed by atoms with E-state index in [2.05, 4.69) is 5.32 Å². The second-order valence-electron chi connectivity index (χ2n) is 4.70. The maximum absolute atomic E-state index is 12.2. The van der Waals surface area contributed by atoms with Gasteiger partial charge in [0, 0.05) is 4.88 Å². The molecule has 0 fully saturated rings. The normalized spacial score (nSPS) is 13.5. The minimum atomic E-state index is -0.362. The number of hydrogen-bond donors (Lipinski definition) is 1. The van der Waals surface area contributed by atoms with E-state index >= 15 is 0 Å². The number of halogens is 1. The zero-order chi connectivity index (χ0) is 14.0. The monoisotopic (exact) mass is 301 g/mol. The number of rotatable bonds is 4. The number of thiophene rings is 1. The van der Waals surface area contributed by atoms with Crippen molar-refractivity contribution in [2.75, 3.05) is 11.2 Å². The smallest absolute Gasteiger partial charge is 0.341 e. The van der Waals surface area contributed by atoms with Crippen molar-refractivity contribution < 1.29 is 14.3 Å². The predicted octanol–water partition coefficient (Wildman–Crippen LogP) is 2.98. The van der Waals surface area contributed by atoms with Crippen LogP contribution in [0.2, 0.25) is 0 Å². The van der Waals surface area contributed by atoms with Crippen LogP contribution in [-0.2, 0) is 22.4 Å². The number of carbonyl (C=O) groups excluding carboxylic acids is 2. The first-order valence-electron chi connectivity index (χ1n) is 6.24. The molecule has 1 aliphatic rings.